The van der Waals surface area contributed by atoms with E-state index in [1.165, 1.54) is 0 Å². The van der Waals surface area contributed by atoms with Crippen molar-refractivity contribution in [3.63, 3.8) is 0 Å². The third-order valence-corrected chi connectivity index (χ3v) is 4.10. The van der Waals surface area contributed by atoms with Crippen LogP contribution in [0.1, 0.15) is 34.5 Å². The molecule has 0 bridgehead atoms. The fraction of sp³-hybridized carbons (Fsp3) is 0.353. The maximum absolute atomic E-state index is 13.0. The van der Waals surface area contributed by atoms with Gasteiger partial charge >= 0.3 is 0 Å². The molecular formula is C17H20N4O2. The van der Waals surface area contributed by atoms with Crippen LogP contribution in [0.3, 0.4) is 0 Å². The number of hydrogen-bond acceptors (Lipinski definition) is 3. The van der Waals surface area contributed by atoms with Gasteiger partial charge in [-0.3, -0.25) is 14.3 Å². The summed E-state index contributed by atoms with van der Waals surface area (Å²) in [5, 5.41) is 4.28. The molecular weight excluding hydrogens is 292 g/mol. The van der Waals surface area contributed by atoms with Crippen molar-refractivity contribution in [2.24, 2.45) is 5.73 Å². The number of anilines is 1. The first kappa shape index (κ1) is 15.3. The molecule has 23 heavy (non-hydrogen) atoms. The molecule has 1 aromatic heterocycles. The number of benzene rings is 1. The summed E-state index contributed by atoms with van der Waals surface area (Å²) in [4.78, 5) is 25.8. The average Bonchev–Trinajstić information content (AvgIpc) is 3.09. The van der Waals surface area contributed by atoms with Crippen LogP contribution in [0.4, 0.5) is 5.69 Å². The van der Waals surface area contributed by atoms with Crippen LogP contribution in [0.2, 0.25) is 0 Å². The average molecular weight is 312 g/mol. The third kappa shape index (κ3) is 3.11. The van der Waals surface area contributed by atoms with E-state index in [9.17, 15) is 9.59 Å². The lowest BCUT2D eigenvalue weighted by Crippen LogP contribution is -2.34. The van der Waals surface area contributed by atoms with Gasteiger partial charge < -0.3 is 10.6 Å². The van der Waals surface area contributed by atoms with E-state index >= 15 is 0 Å². The van der Waals surface area contributed by atoms with E-state index in [4.69, 9.17) is 5.73 Å². The number of carbonyl (C=O) groups excluding carboxylic acids is 2. The van der Waals surface area contributed by atoms with E-state index < -0.39 is 5.91 Å². The van der Waals surface area contributed by atoms with E-state index in [2.05, 4.69) is 5.10 Å². The Labute approximate surface area is 134 Å². The minimum atomic E-state index is -0.421. The quantitative estimate of drug-likeness (QED) is 0.911. The van der Waals surface area contributed by atoms with Crippen LogP contribution in [-0.4, -0.2) is 28.1 Å². The molecule has 2 amide bonds. The molecule has 0 fully saturated rings. The second kappa shape index (κ2) is 6.24. The minimum Gasteiger partial charge on any atom is -0.370 e. The lowest BCUT2D eigenvalue weighted by molar-refractivity contribution is -0.117. The number of nitrogens with two attached hydrogens (primary N) is 1. The Morgan fingerprint density at radius 1 is 1.39 bits per heavy atom. The topological polar surface area (TPSA) is 81.2 Å². The molecule has 0 unspecified atom stereocenters. The molecule has 2 heterocycles. The van der Waals surface area contributed by atoms with Gasteiger partial charge in [0, 0.05) is 25.2 Å². The summed E-state index contributed by atoms with van der Waals surface area (Å²) in [6.45, 7) is 3.09. The highest BCUT2D eigenvalue weighted by molar-refractivity contribution is 6.07. The number of primary amides is 1. The monoisotopic (exact) mass is 312 g/mol. The molecule has 0 atom stereocenters. The van der Waals surface area contributed by atoms with Gasteiger partial charge in [-0.15, -0.1) is 0 Å². The molecule has 2 aromatic rings. The zero-order valence-corrected chi connectivity index (χ0v) is 13.2. The molecule has 1 aromatic carbocycles. The Morgan fingerprint density at radius 3 is 2.96 bits per heavy atom. The molecule has 0 saturated heterocycles. The highest BCUT2D eigenvalue weighted by atomic mass is 16.2. The lowest BCUT2D eigenvalue weighted by Gasteiger charge is -2.22. The number of nitrogens with zero attached hydrogens (tertiary/aromatic N) is 3. The van der Waals surface area contributed by atoms with Gasteiger partial charge in [-0.2, -0.15) is 5.10 Å². The van der Waals surface area contributed by atoms with Crippen molar-refractivity contribution in [3.05, 3.63) is 47.3 Å². The van der Waals surface area contributed by atoms with Crippen LogP contribution in [0, 0.1) is 6.92 Å². The summed E-state index contributed by atoms with van der Waals surface area (Å²) in [5.41, 5.74) is 8.69. The predicted octanol–water partition coefficient (Wildman–Crippen LogP) is 1.66. The second-order valence-electron chi connectivity index (χ2n) is 5.84. The van der Waals surface area contributed by atoms with E-state index in [0.29, 0.717) is 5.56 Å². The van der Waals surface area contributed by atoms with E-state index in [1.807, 2.05) is 35.9 Å². The molecule has 6 heteroatoms. The Hall–Kier alpha value is -2.63. The van der Waals surface area contributed by atoms with E-state index in [-0.39, 0.29) is 18.9 Å². The van der Waals surface area contributed by atoms with Crippen molar-refractivity contribution >= 4 is 17.5 Å². The molecule has 120 valence electrons. The van der Waals surface area contributed by atoms with Crippen LogP contribution in [-0.2, 0) is 17.8 Å². The molecule has 6 nitrogen and oxygen atoms in total. The maximum Gasteiger partial charge on any atom is 0.261 e. The molecule has 1 aliphatic rings. The van der Waals surface area contributed by atoms with Gasteiger partial charge in [0.2, 0.25) is 5.91 Å². The van der Waals surface area contributed by atoms with Gasteiger partial charge in [-0.1, -0.05) is 12.1 Å². The normalized spacial score (nSPS) is 12.9. The first-order chi connectivity index (χ1) is 11.1. The van der Waals surface area contributed by atoms with Gasteiger partial charge in [0.15, 0.2) is 0 Å². The number of amides is 2. The lowest BCUT2D eigenvalue weighted by atomic mass is 10.1. The fourth-order valence-corrected chi connectivity index (χ4v) is 2.95. The SMILES string of the molecule is Cc1cccc(N(CCC(N)=O)C(=O)c2cnn3c2CCC3)c1. The summed E-state index contributed by atoms with van der Waals surface area (Å²) < 4.78 is 1.88. The highest BCUT2D eigenvalue weighted by Gasteiger charge is 2.26. The molecule has 2 N–H and O–H groups in total. The Kier molecular flexibility index (Phi) is 4.14. The molecule has 3 rings (SSSR count). The summed E-state index contributed by atoms with van der Waals surface area (Å²) >= 11 is 0. The smallest absolute Gasteiger partial charge is 0.261 e. The van der Waals surface area contributed by atoms with Crippen LogP contribution in [0.25, 0.3) is 0 Å². The summed E-state index contributed by atoms with van der Waals surface area (Å²) in [7, 11) is 0. The first-order valence-electron chi connectivity index (χ1n) is 7.78. The van der Waals surface area contributed by atoms with Gasteiger partial charge in [0.25, 0.3) is 5.91 Å². The van der Waals surface area contributed by atoms with Gasteiger partial charge in [-0.05, 0) is 37.5 Å². The number of fused-ring (bicyclic) bond motifs is 1. The predicted molar refractivity (Wildman–Crippen MR) is 87.2 cm³/mol. The third-order valence-electron chi connectivity index (χ3n) is 4.10. The van der Waals surface area contributed by atoms with E-state index in [1.54, 1.807) is 11.1 Å². The minimum absolute atomic E-state index is 0.125. The number of carbonyl (C=O) groups is 2. The van der Waals surface area contributed by atoms with Crippen molar-refractivity contribution in [1.82, 2.24) is 9.78 Å². The Balaban J connectivity index is 1.93. The molecule has 0 saturated carbocycles. The van der Waals surface area contributed by atoms with Crippen LogP contribution in [0.15, 0.2) is 30.5 Å². The van der Waals surface area contributed by atoms with E-state index in [0.717, 1.165) is 36.3 Å². The molecule has 1 aliphatic heterocycles. The highest BCUT2D eigenvalue weighted by Crippen LogP contribution is 2.23. The summed E-state index contributed by atoms with van der Waals surface area (Å²) in [6.07, 6.45) is 3.63. The van der Waals surface area contributed by atoms with Crippen molar-refractivity contribution in [1.29, 1.82) is 0 Å². The summed E-state index contributed by atoms with van der Waals surface area (Å²) in [6, 6.07) is 7.67. The number of rotatable bonds is 5. The molecule has 0 aliphatic carbocycles. The first-order valence-corrected chi connectivity index (χ1v) is 7.78. The van der Waals surface area contributed by atoms with Crippen LogP contribution >= 0.6 is 0 Å². The Bertz CT molecular complexity index is 751. The van der Waals surface area contributed by atoms with Gasteiger partial charge in [0.1, 0.15) is 0 Å². The standard InChI is InChI=1S/C17H20N4O2/c1-12-4-2-5-13(10-12)20(9-7-16(18)22)17(23)14-11-19-21-8-3-6-15(14)21/h2,4-5,10-11H,3,6-9H2,1H3,(H2,18,22). The van der Waals surface area contributed by atoms with Crippen molar-refractivity contribution in [2.45, 2.75) is 32.7 Å². The largest absolute Gasteiger partial charge is 0.370 e. The van der Waals surface area contributed by atoms with Gasteiger partial charge in [-0.25, -0.2) is 0 Å². The number of aromatic nitrogens is 2. The molecule has 0 spiro atoms. The fourth-order valence-electron chi connectivity index (χ4n) is 2.95. The van der Waals surface area contributed by atoms with Crippen molar-refractivity contribution in [2.75, 3.05) is 11.4 Å². The number of aryl methyl sites for hydroxylation is 2. The van der Waals surface area contributed by atoms with Crippen molar-refractivity contribution < 1.29 is 9.59 Å². The Morgan fingerprint density at radius 2 is 2.22 bits per heavy atom. The van der Waals surface area contributed by atoms with Gasteiger partial charge in [0.05, 0.1) is 17.5 Å². The van der Waals surface area contributed by atoms with Crippen molar-refractivity contribution in [3.8, 4) is 0 Å². The summed E-state index contributed by atoms with van der Waals surface area (Å²) in [5.74, 6) is -0.546. The van der Waals surface area contributed by atoms with Crippen LogP contribution < -0.4 is 10.6 Å². The maximum atomic E-state index is 13.0. The second-order valence-corrected chi connectivity index (χ2v) is 5.84. The zero-order chi connectivity index (χ0) is 16.4. The van der Waals surface area contributed by atoms with Crippen LogP contribution in [0.5, 0.6) is 0 Å². The molecule has 0 radical (unpaired) electrons. The number of hydrogen-bond donors (Lipinski definition) is 1. The zero-order valence-electron chi connectivity index (χ0n) is 13.2.